The number of hydrogen-bond donors (Lipinski definition) is 2. The highest BCUT2D eigenvalue weighted by Crippen LogP contribution is 2.36. The summed E-state index contributed by atoms with van der Waals surface area (Å²) in [4.78, 5) is 19.6. The second-order valence-corrected chi connectivity index (χ2v) is 12.2. The molecule has 1 aliphatic rings. The molecular weight excluding hydrogens is 559 g/mol. The Morgan fingerprint density at radius 2 is 1.80 bits per heavy atom. The zero-order valence-corrected chi connectivity index (χ0v) is 23.5. The molecule has 2 heterocycles. The number of carbonyl (C=O) groups excluding carboxylic acids is 1. The van der Waals surface area contributed by atoms with Crippen LogP contribution in [0.4, 0.5) is 19.0 Å². The lowest BCUT2D eigenvalue weighted by molar-refractivity contribution is -0.137. The molecule has 0 spiro atoms. The monoisotopic (exact) mass is 591 g/mol. The van der Waals surface area contributed by atoms with Gasteiger partial charge in [0.1, 0.15) is 5.82 Å². The number of anilines is 1. The molecule has 0 radical (unpaired) electrons. The standard InChI is InChI=1S/C29H32F3N3O5S/c1-3-41(38,39)25-11-6-20(7-12-25)26(17-36)34-28(37)21-8-13-27(33-15-21)35-16-22(14-24(35)18-40-2)19-4-9-23(10-5-19)29(30,31)32/h4-13,15,22,24,26,36H,3,14,16-18H2,1-2H3,(H,34,37)/t22?,24-,26-/m0/s1. The number of hydrogen-bond acceptors (Lipinski definition) is 7. The second-order valence-electron chi connectivity index (χ2n) is 9.90. The van der Waals surface area contributed by atoms with E-state index in [1.54, 1.807) is 38.3 Å². The van der Waals surface area contributed by atoms with E-state index in [1.807, 2.05) is 4.90 Å². The first-order chi connectivity index (χ1) is 19.5. The van der Waals surface area contributed by atoms with E-state index in [2.05, 4.69) is 10.3 Å². The van der Waals surface area contributed by atoms with Gasteiger partial charge in [-0.15, -0.1) is 0 Å². The Kier molecular flexibility index (Phi) is 9.35. The lowest BCUT2D eigenvalue weighted by atomic mass is 9.95. The Labute approximate surface area is 237 Å². The normalized spacial score (nSPS) is 18.3. The van der Waals surface area contributed by atoms with Crippen LogP contribution in [0.1, 0.15) is 52.4 Å². The highest BCUT2D eigenvalue weighted by atomic mass is 32.2. The van der Waals surface area contributed by atoms with E-state index in [1.165, 1.54) is 30.5 Å². The molecule has 3 aromatic rings. The van der Waals surface area contributed by atoms with Gasteiger partial charge in [-0.2, -0.15) is 13.2 Å². The first-order valence-electron chi connectivity index (χ1n) is 13.1. The van der Waals surface area contributed by atoms with Gasteiger partial charge in [-0.3, -0.25) is 4.79 Å². The number of carbonyl (C=O) groups is 1. The summed E-state index contributed by atoms with van der Waals surface area (Å²) < 4.78 is 68.4. The number of aromatic nitrogens is 1. The Hall–Kier alpha value is -3.48. The van der Waals surface area contributed by atoms with Gasteiger partial charge in [-0.1, -0.05) is 31.2 Å². The minimum absolute atomic E-state index is 0.0220. The lowest BCUT2D eigenvalue weighted by Crippen LogP contribution is -2.34. The summed E-state index contributed by atoms with van der Waals surface area (Å²) in [6.07, 6.45) is -2.30. The van der Waals surface area contributed by atoms with Gasteiger partial charge < -0.3 is 20.1 Å². The van der Waals surface area contributed by atoms with Crippen LogP contribution in [0.3, 0.4) is 0 Å². The van der Waals surface area contributed by atoms with Gasteiger partial charge >= 0.3 is 6.18 Å². The van der Waals surface area contributed by atoms with Crippen LogP contribution in [-0.2, 0) is 20.8 Å². The van der Waals surface area contributed by atoms with Crippen molar-refractivity contribution in [1.29, 1.82) is 0 Å². The highest BCUT2D eigenvalue weighted by molar-refractivity contribution is 7.91. The number of sulfone groups is 1. The summed E-state index contributed by atoms with van der Waals surface area (Å²) in [6.45, 7) is 2.08. The maximum Gasteiger partial charge on any atom is 0.416 e. The van der Waals surface area contributed by atoms with E-state index < -0.39 is 40.1 Å². The van der Waals surface area contributed by atoms with Gasteiger partial charge in [0.15, 0.2) is 9.84 Å². The molecule has 3 atom stereocenters. The summed E-state index contributed by atoms with van der Waals surface area (Å²) in [5.74, 6) is 0.0796. The molecule has 1 aromatic heterocycles. The second kappa shape index (κ2) is 12.6. The number of alkyl halides is 3. The molecule has 1 fully saturated rings. The Balaban J connectivity index is 1.45. The van der Waals surface area contributed by atoms with E-state index in [9.17, 15) is 31.5 Å². The van der Waals surface area contributed by atoms with E-state index in [4.69, 9.17) is 4.74 Å². The predicted molar refractivity (Wildman–Crippen MR) is 148 cm³/mol. The van der Waals surface area contributed by atoms with Crippen molar-refractivity contribution in [2.24, 2.45) is 0 Å². The van der Waals surface area contributed by atoms with Crippen molar-refractivity contribution in [3.05, 3.63) is 89.1 Å². The molecule has 1 saturated heterocycles. The van der Waals surface area contributed by atoms with Gasteiger partial charge in [0, 0.05) is 25.8 Å². The molecule has 0 bridgehead atoms. The van der Waals surface area contributed by atoms with Crippen LogP contribution < -0.4 is 10.2 Å². The smallest absolute Gasteiger partial charge is 0.394 e. The largest absolute Gasteiger partial charge is 0.416 e. The topological polar surface area (TPSA) is 109 Å². The number of methoxy groups -OCH3 is 1. The van der Waals surface area contributed by atoms with Gasteiger partial charge in [0.2, 0.25) is 0 Å². The van der Waals surface area contributed by atoms with Crippen molar-refractivity contribution in [1.82, 2.24) is 10.3 Å². The van der Waals surface area contributed by atoms with Crippen molar-refractivity contribution < 1.29 is 36.2 Å². The molecule has 1 unspecified atom stereocenters. The van der Waals surface area contributed by atoms with Gasteiger partial charge in [0.05, 0.1) is 47.1 Å². The van der Waals surface area contributed by atoms with Gasteiger partial charge in [-0.25, -0.2) is 13.4 Å². The summed E-state index contributed by atoms with van der Waals surface area (Å²) in [7, 11) is -1.79. The number of aliphatic hydroxyl groups is 1. The van der Waals surface area contributed by atoms with Crippen LogP contribution in [0.25, 0.3) is 0 Å². The van der Waals surface area contributed by atoms with Crippen molar-refractivity contribution >= 4 is 21.6 Å². The molecule has 0 aliphatic carbocycles. The first kappa shape index (κ1) is 30.5. The minimum atomic E-state index is -4.39. The molecule has 0 saturated carbocycles. The van der Waals surface area contributed by atoms with Crippen molar-refractivity contribution in [2.45, 2.75) is 42.4 Å². The maximum absolute atomic E-state index is 13.0. The molecule has 12 heteroatoms. The zero-order chi connectivity index (χ0) is 29.8. The van der Waals surface area contributed by atoms with Crippen LogP contribution in [0.5, 0.6) is 0 Å². The average Bonchev–Trinajstić information content (AvgIpc) is 3.39. The van der Waals surface area contributed by atoms with E-state index in [0.29, 0.717) is 31.0 Å². The zero-order valence-electron chi connectivity index (χ0n) is 22.6. The fourth-order valence-corrected chi connectivity index (χ4v) is 5.86. The van der Waals surface area contributed by atoms with Gasteiger partial charge in [0.25, 0.3) is 5.91 Å². The molecule has 2 aromatic carbocycles. The number of amides is 1. The van der Waals surface area contributed by atoms with E-state index >= 15 is 0 Å². The Bertz CT molecular complexity index is 1430. The molecule has 1 amide bonds. The molecular formula is C29H32F3N3O5S. The van der Waals surface area contributed by atoms with Gasteiger partial charge in [-0.05, 0) is 53.9 Å². The molecule has 220 valence electrons. The number of pyridine rings is 1. The minimum Gasteiger partial charge on any atom is -0.394 e. The third-order valence-electron chi connectivity index (χ3n) is 7.30. The summed E-state index contributed by atoms with van der Waals surface area (Å²) in [5.41, 5.74) is 0.923. The van der Waals surface area contributed by atoms with Crippen molar-refractivity contribution in [3.8, 4) is 0 Å². The highest BCUT2D eigenvalue weighted by Gasteiger charge is 2.35. The van der Waals surface area contributed by atoms with Crippen LogP contribution in [0.15, 0.2) is 71.8 Å². The summed E-state index contributed by atoms with van der Waals surface area (Å²) in [6, 6.07) is 13.7. The summed E-state index contributed by atoms with van der Waals surface area (Å²) >= 11 is 0. The quantitative estimate of drug-likeness (QED) is 0.361. The average molecular weight is 592 g/mol. The van der Waals surface area contributed by atoms with E-state index in [0.717, 1.165) is 17.7 Å². The molecule has 41 heavy (non-hydrogen) atoms. The Morgan fingerprint density at radius 3 is 2.34 bits per heavy atom. The number of nitrogens with zero attached hydrogens (tertiary/aromatic N) is 2. The van der Waals surface area contributed by atoms with Crippen LogP contribution >= 0.6 is 0 Å². The van der Waals surface area contributed by atoms with E-state index in [-0.39, 0.29) is 28.2 Å². The SMILES string of the molecule is CCS(=O)(=O)c1ccc([C@H](CO)NC(=O)c2ccc(N3CC(c4ccc(C(F)(F)F)cc4)C[C@H]3COC)nc2)cc1. The number of rotatable bonds is 10. The molecule has 8 nitrogen and oxygen atoms in total. The maximum atomic E-state index is 13.0. The van der Waals surface area contributed by atoms with Crippen LogP contribution in [-0.4, -0.2) is 63.1 Å². The molecule has 2 N–H and O–H groups in total. The van der Waals surface area contributed by atoms with Crippen LogP contribution in [0.2, 0.25) is 0 Å². The number of aliphatic hydroxyl groups excluding tert-OH is 1. The van der Waals surface area contributed by atoms with Crippen molar-refractivity contribution in [2.75, 3.05) is 37.5 Å². The van der Waals surface area contributed by atoms with Crippen molar-refractivity contribution in [3.63, 3.8) is 0 Å². The number of halogens is 3. The number of nitrogens with one attached hydrogen (secondary N) is 1. The fourth-order valence-electron chi connectivity index (χ4n) is 4.97. The predicted octanol–water partition coefficient (Wildman–Crippen LogP) is 4.37. The lowest BCUT2D eigenvalue weighted by Gasteiger charge is -2.25. The Morgan fingerprint density at radius 1 is 1.12 bits per heavy atom. The number of ether oxygens (including phenoxy) is 1. The summed E-state index contributed by atoms with van der Waals surface area (Å²) in [5, 5.41) is 12.6. The third kappa shape index (κ3) is 7.06. The number of benzene rings is 2. The molecule has 4 rings (SSSR count). The first-order valence-corrected chi connectivity index (χ1v) is 14.7. The fraction of sp³-hybridized carbons (Fsp3) is 0.379. The van der Waals surface area contributed by atoms with Crippen LogP contribution in [0, 0.1) is 0 Å². The molecule has 1 aliphatic heterocycles. The third-order valence-corrected chi connectivity index (χ3v) is 9.05.